The van der Waals surface area contributed by atoms with E-state index in [-0.39, 0.29) is 11.8 Å². The van der Waals surface area contributed by atoms with E-state index in [1.165, 1.54) is 0 Å². The van der Waals surface area contributed by atoms with Gasteiger partial charge in [-0.2, -0.15) is 0 Å². The standard InChI is InChI=1S/C11H15BrN2O2S/c1-8(7-13)14-4-5-17(15,16)11-3-2-9(12)6-10(11)14/h2-3,6,8H,4-5,7,13H2,1H3. The van der Waals surface area contributed by atoms with Crippen LogP contribution in [0.15, 0.2) is 27.6 Å². The zero-order chi connectivity index (χ0) is 12.6. The van der Waals surface area contributed by atoms with Crippen molar-refractivity contribution in [3.05, 3.63) is 22.7 Å². The first-order valence-corrected chi connectivity index (χ1v) is 7.89. The van der Waals surface area contributed by atoms with Crippen molar-refractivity contribution in [2.24, 2.45) is 5.73 Å². The van der Waals surface area contributed by atoms with Gasteiger partial charge in [-0.3, -0.25) is 0 Å². The molecule has 0 saturated carbocycles. The quantitative estimate of drug-likeness (QED) is 0.895. The van der Waals surface area contributed by atoms with Crippen LogP contribution in [0.25, 0.3) is 0 Å². The summed E-state index contributed by atoms with van der Waals surface area (Å²) in [7, 11) is -3.14. The second kappa shape index (κ2) is 4.59. The summed E-state index contributed by atoms with van der Waals surface area (Å²) in [5, 5.41) is 0. The topological polar surface area (TPSA) is 63.4 Å². The van der Waals surface area contributed by atoms with Gasteiger partial charge in [0.05, 0.1) is 16.3 Å². The highest BCUT2D eigenvalue weighted by Crippen LogP contribution is 2.33. The Balaban J connectivity index is 2.57. The highest BCUT2D eigenvalue weighted by atomic mass is 79.9. The molecule has 6 heteroatoms. The Morgan fingerprint density at radius 2 is 2.24 bits per heavy atom. The van der Waals surface area contributed by atoms with Gasteiger partial charge in [0.1, 0.15) is 0 Å². The van der Waals surface area contributed by atoms with Crippen LogP contribution in [-0.2, 0) is 9.84 Å². The molecule has 17 heavy (non-hydrogen) atoms. The van der Waals surface area contributed by atoms with Crippen LogP contribution < -0.4 is 10.6 Å². The van der Waals surface area contributed by atoms with E-state index in [9.17, 15) is 8.42 Å². The van der Waals surface area contributed by atoms with Crippen LogP contribution >= 0.6 is 15.9 Å². The normalized spacial score (nSPS) is 19.8. The molecule has 0 fully saturated rings. The average Bonchev–Trinajstić information content (AvgIpc) is 2.27. The molecule has 1 aliphatic rings. The molecule has 0 bridgehead atoms. The molecule has 2 rings (SSSR count). The van der Waals surface area contributed by atoms with E-state index in [0.717, 1.165) is 10.2 Å². The van der Waals surface area contributed by atoms with Gasteiger partial charge in [-0.1, -0.05) is 15.9 Å². The number of anilines is 1. The fraction of sp³-hybridized carbons (Fsp3) is 0.455. The number of benzene rings is 1. The first-order valence-electron chi connectivity index (χ1n) is 5.45. The Morgan fingerprint density at radius 1 is 1.53 bits per heavy atom. The maximum absolute atomic E-state index is 12.0. The average molecular weight is 319 g/mol. The zero-order valence-corrected chi connectivity index (χ0v) is 12.0. The van der Waals surface area contributed by atoms with E-state index in [1.54, 1.807) is 12.1 Å². The molecule has 0 aromatic heterocycles. The third-order valence-electron chi connectivity index (χ3n) is 3.04. The molecule has 0 amide bonds. The predicted octanol–water partition coefficient (Wildman–Crippen LogP) is 1.39. The SMILES string of the molecule is CC(CN)N1CCS(=O)(=O)c2ccc(Br)cc21. The van der Waals surface area contributed by atoms with Crippen molar-refractivity contribution in [2.75, 3.05) is 23.7 Å². The lowest BCUT2D eigenvalue weighted by atomic mass is 10.2. The van der Waals surface area contributed by atoms with Crippen LogP contribution in [-0.4, -0.2) is 33.3 Å². The van der Waals surface area contributed by atoms with E-state index in [2.05, 4.69) is 20.8 Å². The van der Waals surface area contributed by atoms with Crippen molar-refractivity contribution in [3.63, 3.8) is 0 Å². The Bertz CT molecular complexity index is 530. The Kier molecular flexibility index (Phi) is 3.47. The minimum absolute atomic E-state index is 0.138. The number of fused-ring (bicyclic) bond motifs is 1. The van der Waals surface area contributed by atoms with Crippen molar-refractivity contribution in [3.8, 4) is 0 Å². The van der Waals surface area contributed by atoms with Gasteiger partial charge in [0, 0.05) is 23.6 Å². The minimum atomic E-state index is -3.14. The lowest BCUT2D eigenvalue weighted by molar-refractivity contribution is 0.579. The highest BCUT2D eigenvalue weighted by molar-refractivity contribution is 9.10. The number of nitrogens with two attached hydrogens (primary N) is 1. The van der Waals surface area contributed by atoms with E-state index in [4.69, 9.17) is 5.73 Å². The first kappa shape index (κ1) is 12.9. The van der Waals surface area contributed by atoms with Crippen LogP contribution in [0.2, 0.25) is 0 Å². The second-order valence-corrected chi connectivity index (χ2v) is 7.20. The fourth-order valence-corrected chi connectivity index (χ4v) is 3.79. The van der Waals surface area contributed by atoms with Crippen LogP contribution in [0, 0.1) is 0 Å². The number of nitrogens with zero attached hydrogens (tertiary/aromatic N) is 1. The summed E-state index contributed by atoms with van der Waals surface area (Å²) in [4.78, 5) is 2.47. The number of hydrogen-bond acceptors (Lipinski definition) is 4. The van der Waals surface area contributed by atoms with Gasteiger partial charge in [0.15, 0.2) is 9.84 Å². The number of hydrogen-bond donors (Lipinski definition) is 1. The van der Waals surface area contributed by atoms with E-state index >= 15 is 0 Å². The van der Waals surface area contributed by atoms with Crippen molar-refractivity contribution in [2.45, 2.75) is 17.9 Å². The summed E-state index contributed by atoms with van der Waals surface area (Å²) in [5.74, 6) is 0.159. The molecule has 1 aromatic carbocycles. The van der Waals surface area contributed by atoms with Crippen LogP contribution in [0.3, 0.4) is 0 Å². The molecule has 0 saturated heterocycles. The van der Waals surface area contributed by atoms with Gasteiger partial charge in [-0.15, -0.1) is 0 Å². The predicted molar refractivity (Wildman–Crippen MR) is 72.1 cm³/mol. The molecule has 0 radical (unpaired) electrons. The third kappa shape index (κ3) is 2.34. The van der Waals surface area contributed by atoms with Crippen molar-refractivity contribution < 1.29 is 8.42 Å². The summed E-state index contributed by atoms with van der Waals surface area (Å²) in [6.07, 6.45) is 0. The molecule has 0 aliphatic carbocycles. The third-order valence-corrected chi connectivity index (χ3v) is 5.27. The molecule has 1 heterocycles. The Labute approximate surface area is 110 Å². The number of halogens is 1. The number of sulfone groups is 1. The summed E-state index contributed by atoms with van der Waals surface area (Å²) in [5.41, 5.74) is 6.42. The fourth-order valence-electron chi connectivity index (χ4n) is 2.01. The molecule has 4 nitrogen and oxygen atoms in total. The lowest BCUT2D eigenvalue weighted by Crippen LogP contribution is -2.44. The highest BCUT2D eigenvalue weighted by Gasteiger charge is 2.30. The molecule has 94 valence electrons. The molecule has 1 unspecified atom stereocenters. The van der Waals surface area contributed by atoms with Crippen LogP contribution in [0.5, 0.6) is 0 Å². The molecule has 0 spiro atoms. The molecule has 1 aliphatic heterocycles. The molecule has 1 aromatic rings. The van der Waals surface area contributed by atoms with Crippen LogP contribution in [0.1, 0.15) is 6.92 Å². The van der Waals surface area contributed by atoms with Gasteiger partial charge >= 0.3 is 0 Å². The smallest absolute Gasteiger partial charge is 0.182 e. The zero-order valence-electron chi connectivity index (χ0n) is 9.56. The monoisotopic (exact) mass is 318 g/mol. The molecular weight excluding hydrogens is 304 g/mol. The largest absolute Gasteiger partial charge is 0.365 e. The summed E-state index contributed by atoms with van der Waals surface area (Å²) >= 11 is 3.37. The number of rotatable bonds is 2. The van der Waals surface area contributed by atoms with Crippen molar-refractivity contribution >= 4 is 31.5 Å². The Morgan fingerprint density at radius 3 is 2.88 bits per heavy atom. The van der Waals surface area contributed by atoms with Crippen molar-refractivity contribution in [1.82, 2.24) is 0 Å². The van der Waals surface area contributed by atoms with E-state index in [0.29, 0.717) is 18.0 Å². The van der Waals surface area contributed by atoms with Gasteiger partial charge in [-0.25, -0.2) is 8.42 Å². The molecule has 1 atom stereocenters. The Hall–Kier alpha value is -0.590. The maximum atomic E-state index is 12.0. The summed E-state index contributed by atoms with van der Waals surface area (Å²) in [6.45, 7) is 3.01. The van der Waals surface area contributed by atoms with Crippen molar-refractivity contribution in [1.29, 1.82) is 0 Å². The minimum Gasteiger partial charge on any atom is -0.365 e. The lowest BCUT2D eigenvalue weighted by Gasteiger charge is -2.35. The van der Waals surface area contributed by atoms with Crippen LogP contribution in [0.4, 0.5) is 5.69 Å². The van der Waals surface area contributed by atoms with Gasteiger partial charge < -0.3 is 10.6 Å². The maximum Gasteiger partial charge on any atom is 0.182 e. The van der Waals surface area contributed by atoms with Gasteiger partial charge in [0.25, 0.3) is 0 Å². The molecular formula is C11H15BrN2O2S. The van der Waals surface area contributed by atoms with E-state index < -0.39 is 9.84 Å². The molecule has 2 N–H and O–H groups in total. The van der Waals surface area contributed by atoms with Gasteiger partial charge in [-0.05, 0) is 25.1 Å². The van der Waals surface area contributed by atoms with Gasteiger partial charge in [0.2, 0.25) is 0 Å². The summed E-state index contributed by atoms with van der Waals surface area (Å²) in [6, 6.07) is 5.40. The second-order valence-electron chi connectivity index (χ2n) is 4.21. The van der Waals surface area contributed by atoms with E-state index in [1.807, 2.05) is 13.0 Å². The summed E-state index contributed by atoms with van der Waals surface area (Å²) < 4.78 is 24.8. The first-order chi connectivity index (χ1) is 7.95.